The second-order valence-corrected chi connectivity index (χ2v) is 6.84. The first kappa shape index (κ1) is 18.6. The van der Waals surface area contributed by atoms with Crippen LogP contribution in [-0.4, -0.2) is 20.2 Å². The molecule has 0 fully saturated rings. The van der Waals surface area contributed by atoms with E-state index < -0.39 is 27.0 Å². The number of halogens is 3. The van der Waals surface area contributed by atoms with Crippen molar-refractivity contribution in [2.45, 2.75) is 5.51 Å². The Morgan fingerprint density at radius 2 is 1.70 bits per heavy atom. The highest BCUT2D eigenvalue weighted by molar-refractivity contribution is 7.88. The van der Waals surface area contributed by atoms with Crippen LogP contribution in [0.2, 0.25) is 0 Å². The lowest BCUT2D eigenvalue weighted by Gasteiger charge is -2.11. The van der Waals surface area contributed by atoms with E-state index in [4.69, 9.17) is 4.42 Å². The van der Waals surface area contributed by atoms with E-state index in [-0.39, 0.29) is 22.1 Å². The Morgan fingerprint density at radius 3 is 2.30 bits per heavy atom. The molecule has 0 N–H and O–H groups in total. The third-order valence-corrected chi connectivity index (χ3v) is 4.56. The van der Waals surface area contributed by atoms with Gasteiger partial charge in [0.1, 0.15) is 16.9 Å². The van der Waals surface area contributed by atoms with Gasteiger partial charge in [-0.05, 0) is 17.7 Å². The standard InChI is InChI=1S/C17H9F3O6S/c18-17(19,20)27(23,24)26-11-6-7-12-14(8-11)25-16(22)13(9-21)15(12)10-4-2-1-3-5-10/h1-9H. The van der Waals surface area contributed by atoms with Crippen LogP contribution < -0.4 is 9.81 Å². The van der Waals surface area contributed by atoms with E-state index in [1.165, 1.54) is 6.07 Å². The largest absolute Gasteiger partial charge is 0.534 e. The molecule has 0 atom stereocenters. The maximum absolute atomic E-state index is 12.5. The number of hydrogen-bond acceptors (Lipinski definition) is 6. The zero-order valence-electron chi connectivity index (χ0n) is 13.2. The molecule has 0 aliphatic rings. The van der Waals surface area contributed by atoms with Gasteiger partial charge in [-0.15, -0.1) is 0 Å². The first-order chi connectivity index (χ1) is 12.6. The third kappa shape index (κ3) is 3.43. The van der Waals surface area contributed by atoms with Gasteiger partial charge >= 0.3 is 21.3 Å². The Hall–Kier alpha value is -3.14. The summed E-state index contributed by atoms with van der Waals surface area (Å²) in [4.78, 5) is 23.4. The maximum atomic E-state index is 12.5. The second kappa shape index (κ2) is 6.54. The molecule has 0 amide bonds. The molecule has 0 unspecified atom stereocenters. The molecule has 10 heteroatoms. The summed E-state index contributed by atoms with van der Waals surface area (Å²) < 4.78 is 68.6. The van der Waals surface area contributed by atoms with Gasteiger partial charge in [-0.1, -0.05) is 30.3 Å². The Kier molecular flexibility index (Phi) is 4.52. The highest BCUT2D eigenvalue weighted by atomic mass is 32.2. The first-order valence-corrected chi connectivity index (χ1v) is 8.67. The molecule has 0 aliphatic heterocycles. The van der Waals surface area contributed by atoms with E-state index in [0.717, 1.165) is 12.1 Å². The van der Waals surface area contributed by atoms with E-state index in [1.54, 1.807) is 30.3 Å². The van der Waals surface area contributed by atoms with Crippen molar-refractivity contribution < 1.29 is 35.0 Å². The van der Waals surface area contributed by atoms with Gasteiger partial charge in [-0.25, -0.2) is 4.79 Å². The van der Waals surface area contributed by atoms with Gasteiger partial charge in [0.2, 0.25) is 0 Å². The lowest BCUT2D eigenvalue weighted by Crippen LogP contribution is -2.28. The summed E-state index contributed by atoms with van der Waals surface area (Å²) in [5.41, 5.74) is -6.44. The summed E-state index contributed by atoms with van der Waals surface area (Å²) in [5, 5.41) is 0.222. The fraction of sp³-hybridized carbons (Fsp3) is 0.0588. The topological polar surface area (TPSA) is 90.7 Å². The molecule has 6 nitrogen and oxygen atoms in total. The van der Waals surface area contributed by atoms with Gasteiger partial charge in [-0.3, -0.25) is 4.79 Å². The van der Waals surface area contributed by atoms with Crippen LogP contribution in [0.4, 0.5) is 13.2 Å². The fourth-order valence-electron chi connectivity index (χ4n) is 2.44. The molecule has 0 bridgehead atoms. The SMILES string of the molecule is O=Cc1c(-c2ccccc2)c2ccc(OS(=O)(=O)C(F)(F)F)cc2oc1=O. The molecule has 1 aromatic heterocycles. The van der Waals surface area contributed by atoms with Crippen LogP contribution in [-0.2, 0) is 10.1 Å². The lowest BCUT2D eigenvalue weighted by molar-refractivity contribution is -0.0500. The number of rotatable bonds is 4. The van der Waals surface area contributed by atoms with Crippen LogP contribution in [0.5, 0.6) is 5.75 Å². The Morgan fingerprint density at radius 1 is 1.04 bits per heavy atom. The summed E-state index contributed by atoms with van der Waals surface area (Å²) in [5.74, 6) is -0.694. The molecular formula is C17H9F3O6S. The van der Waals surface area contributed by atoms with Crippen LogP contribution in [0.15, 0.2) is 57.7 Å². The Labute approximate surface area is 149 Å². The number of benzene rings is 2. The molecule has 3 rings (SSSR count). The van der Waals surface area contributed by atoms with E-state index >= 15 is 0 Å². The molecule has 140 valence electrons. The van der Waals surface area contributed by atoms with Crippen molar-refractivity contribution in [3.05, 3.63) is 64.5 Å². The molecule has 3 aromatic rings. The summed E-state index contributed by atoms with van der Waals surface area (Å²) in [7, 11) is -5.88. The van der Waals surface area contributed by atoms with Crippen molar-refractivity contribution >= 4 is 27.4 Å². The number of fused-ring (bicyclic) bond motifs is 1. The van der Waals surface area contributed by atoms with Crippen LogP contribution in [0.3, 0.4) is 0 Å². The molecule has 0 radical (unpaired) electrons. The van der Waals surface area contributed by atoms with E-state index in [2.05, 4.69) is 4.18 Å². The highest BCUT2D eigenvalue weighted by Gasteiger charge is 2.48. The third-order valence-electron chi connectivity index (χ3n) is 3.58. The Balaban J connectivity index is 2.23. The zero-order valence-corrected chi connectivity index (χ0v) is 14.0. The average molecular weight is 398 g/mol. The highest BCUT2D eigenvalue weighted by Crippen LogP contribution is 2.33. The second-order valence-electron chi connectivity index (χ2n) is 5.30. The molecule has 2 aromatic carbocycles. The van der Waals surface area contributed by atoms with E-state index in [1.807, 2.05) is 0 Å². The van der Waals surface area contributed by atoms with Crippen LogP contribution >= 0.6 is 0 Å². The van der Waals surface area contributed by atoms with Gasteiger partial charge in [0, 0.05) is 17.0 Å². The summed E-state index contributed by atoms with van der Waals surface area (Å²) in [6.07, 6.45) is 0.312. The number of alkyl halides is 3. The lowest BCUT2D eigenvalue weighted by atomic mass is 9.97. The molecular weight excluding hydrogens is 389 g/mol. The predicted molar refractivity (Wildman–Crippen MR) is 88.9 cm³/mol. The zero-order chi connectivity index (χ0) is 19.8. The van der Waals surface area contributed by atoms with Crippen LogP contribution in [0, 0.1) is 0 Å². The minimum Gasteiger partial charge on any atom is -0.422 e. The maximum Gasteiger partial charge on any atom is 0.534 e. The monoisotopic (exact) mass is 398 g/mol. The van der Waals surface area contributed by atoms with Gasteiger partial charge in [0.15, 0.2) is 6.29 Å². The first-order valence-electron chi connectivity index (χ1n) is 7.26. The normalized spacial score (nSPS) is 12.1. The van der Waals surface area contributed by atoms with Crippen LogP contribution in [0.25, 0.3) is 22.1 Å². The van der Waals surface area contributed by atoms with Crippen molar-refractivity contribution in [1.82, 2.24) is 0 Å². The molecule has 1 heterocycles. The molecule has 0 saturated carbocycles. The molecule has 0 saturated heterocycles. The average Bonchev–Trinajstić information content (AvgIpc) is 2.60. The van der Waals surface area contributed by atoms with Gasteiger partial charge in [0.25, 0.3) is 0 Å². The number of carbonyl (C=O) groups is 1. The van der Waals surface area contributed by atoms with Crippen molar-refractivity contribution in [1.29, 1.82) is 0 Å². The minimum absolute atomic E-state index is 0.210. The summed E-state index contributed by atoms with van der Waals surface area (Å²) >= 11 is 0. The van der Waals surface area contributed by atoms with Crippen molar-refractivity contribution in [2.24, 2.45) is 0 Å². The molecule has 27 heavy (non-hydrogen) atoms. The number of carbonyl (C=O) groups excluding carboxylic acids is 1. The summed E-state index contributed by atoms with van der Waals surface area (Å²) in [6.45, 7) is 0. The quantitative estimate of drug-likeness (QED) is 0.289. The van der Waals surface area contributed by atoms with Gasteiger partial charge in [-0.2, -0.15) is 21.6 Å². The van der Waals surface area contributed by atoms with E-state index in [9.17, 15) is 31.2 Å². The number of hydrogen-bond donors (Lipinski definition) is 0. The smallest absolute Gasteiger partial charge is 0.422 e. The van der Waals surface area contributed by atoms with Crippen molar-refractivity contribution in [3.8, 4) is 16.9 Å². The number of aldehydes is 1. The fourth-order valence-corrected chi connectivity index (χ4v) is 2.90. The van der Waals surface area contributed by atoms with Crippen LogP contribution in [0.1, 0.15) is 10.4 Å². The minimum atomic E-state index is -5.88. The molecule has 0 spiro atoms. The van der Waals surface area contributed by atoms with Gasteiger partial charge < -0.3 is 8.60 Å². The van der Waals surface area contributed by atoms with E-state index in [0.29, 0.717) is 11.8 Å². The summed E-state index contributed by atoms with van der Waals surface area (Å²) in [6, 6.07) is 11.3. The van der Waals surface area contributed by atoms with Crippen molar-refractivity contribution in [3.63, 3.8) is 0 Å². The molecule has 0 aliphatic carbocycles. The Bertz CT molecular complexity index is 1180. The van der Waals surface area contributed by atoms with Gasteiger partial charge in [0.05, 0.1) is 0 Å². The predicted octanol–water partition coefficient (Wildman–Crippen LogP) is 3.50. The van der Waals surface area contributed by atoms with Crippen molar-refractivity contribution in [2.75, 3.05) is 0 Å².